The summed E-state index contributed by atoms with van der Waals surface area (Å²) in [4.78, 5) is 35.3. The molecule has 0 aromatic heterocycles. The zero-order valence-electron chi connectivity index (χ0n) is 15.4. The van der Waals surface area contributed by atoms with E-state index in [2.05, 4.69) is 0 Å². The van der Waals surface area contributed by atoms with E-state index in [9.17, 15) is 32.9 Å². The van der Waals surface area contributed by atoms with Crippen LogP contribution in [-0.4, -0.2) is 28.8 Å². The lowest BCUT2D eigenvalue weighted by Crippen LogP contribution is -2.40. The van der Waals surface area contributed by atoms with Gasteiger partial charge in [-0.25, -0.2) is 4.79 Å². The van der Waals surface area contributed by atoms with E-state index in [1.165, 1.54) is 13.0 Å². The molecule has 1 saturated carbocycles. The molecule has 1 fully saturated rings. The molecule has 0 heterocycles. The average molecular weight is 401 g/mol. The number of carbonyl (C=O) groups is 2. The largest absolute Gasteiger partial charge is 0.457 e. The molecular weight excluding hydrogens is 379 g/mol. The molecule has 6 nitrogen and oxygen atoms in total. The summed E-state index contributed by atoms with van der Waals surface area (Å²) in [6.07, 6.45) is -3.05. The van der Waals surface area contributed by atoms with Gasteiger partial charge >= 0.3 is 18.2 Å². The van der Waals surface area contributed by atoms with Gasteiger partial charge in [0.1, 0.15) is 11.9 Å². The second kappa shape index (κ2) is 9.16. The van der Waals surface area contributed by atoms with Crippen molar-refractivity contribution in [2.45, 2.75) is 69.7 Å². The maximum Gasteiger partial charge on any atom is 0.416 e. The fourth-order valence-corrected chi connectivity index (χ4v) is 3.50. The number of ketones is 1. The number of ether oxygens (including phenoxy) is 1. The molecule has 0 N–H and O–H groups in total. The quantitative estimate of drug-likeness (QED) is 0.368. The lowest BCUT2D eigenvalue weighted by molar-refractivity contribution is -0.514. The maximum atomic E-state index is 13.5. The number of rotatable bonds is 8. The van der Waals surface area contributed by atoms with Crippen molar-refractivity contribution in [3.8, 4) is 0 Å². The predicted molar refractivity (Wildman–Crippen MR) is 93.2 cm³/mol. The Morgan fingerprint density at radius 1 is 1.25 bits per heavy atom. The number of hydrogen-bond acceptors (Lipinski definition) is 5. The highest BCUT2D eigenvalue weighted by Gasteiger charge is 2.46. The maximum absolute atomic E-state index is 13.5. The van der Waals surface area contributed by atoms with E-state index >= 15 is 0 Å². The van der Waals surface area contributed by atoms with Gasteiger partial charge in [0.25, 0.3) is 0 Å². The van der Waals surface area contributed by atoms with Gasteiger partial charge in [0.2, 0.25) is 0 Å². The summed E-state index contributed by atoms with van der Waals surface area (Å²) in [6.45, 7) is 1.51. The van der Waals surface area contributed by atoms with E-state index in [0.29, 0.717) is 12.8 Å². The first-order chi connectivity index (χ1) is 13.1. The fraction of sp³-hybridized carbons (Fsp3) is 0.579. The minimum atomic E-state index is -4.78. The van der Waals surface area contributed by atoms with E-state index in [1.54, 1.807) is 0 Å². The van der Waals surface area contributed by atoms with Crippen molar-refractivity contribution in [2.75, 3.05) is 0 Å². The minimum Gasteiger partial charge on any atom is -0.457 e. The van der Waals surface area contributed by atoms with Crippen molar-refractivity contribution in [3.63, 3.8) is 0 Å². The summed E-state index contributed by atoms with van der Waals surface area (Å²) < 4.78 is 45.6. The molecule has 154 valence electrons. The Balaban J connectivity index is 2.46. The molecule has 28 heavy (non-hydrogen) atoms. The Labute approximate surface area is 160 Å². The molecule has 9 heteroatoms. The lowest BCUT2D eigenvalue weighted by atomic mass is 9.84. The molecule has 1 aromatic carbocycles. The van der Waals surface area contributed by atoms with Crippen LogP contribution in [-0.2, 0) is 20.5 Å². The van der Waals surface area contributed by atoms with Crippen LogP contribution in [0.4, 0.5) is 13.2 Å². The third kappa shape index (κ3) is 5.30. The molecule has 0 bridgehead atoms. The molecule has 2 unspecified atom stereocenters. The Kier molecular flexibility index (Phi) is 7.15. The smallest absolute Gasteiger partial charge is 0.416 e. The summed E-state index contributed by atoms with van der Waals surface area (Å²) in [7, 11) is 0. The van der Waals surface area contributed by atoms with Crippen LogP contribution in [0.5, 0.6) is 0 Å². The third-order valence-electron chi connectivity index (χ3n) is 4.94. The standard InChI is InChI=1S/C19H22F3NO5/c1-2-12(24)11-15(14-9-5-6-10-16(14)19(20,21)22)17(23(26)27)18(25)28-13-7-3-4-8-13/h5-6,9-10,13,15,17H,2-4,7-8,11H2,1H3. The normalized spacial score (nSPS) is 17.1. The number of hydrogen-bond donors (Lipinski definition) is 0. The first kappa shape index (κ1) is 21.8. The van der Waals surface area contributed by atoms with Gasteiger partial charge in [-0.1, -0.05) is 25.1 Å². The first-order valence-electron chi connectivity index (χ1n) is 9.17. The molecule has 2 atom stereocenters. The van der Waals surface area contributed by atoms with Gasteiger partial charge in [0, 0.05) is 17.8 Å². The van der Waals surface area contributed by atoms with Crippen molar-refractivity contribution >= 4 is 11.8 Å². The topological polar surface area (TPSA) is 86.5 Å². The Morgan fingerprint density at radius 2 is 1.86 bits per heavy atom. The minimum absolute atomic E-state index is 0.00715. The van der Waals surface area contributed by atoms with E-state index in [-0.39, 0.29) is 6.42 Å². The molecular formula is C19H22F3NO5. The van der Waals surface area contributed by atoms with Gasteiger partial charge < -0.3 is 4.74 Å². The van der Waals surface area contributed by atoms with Gasteiger partial charge in [-0.3, -0.25) is 14.9 Å². The van der Waals surface area contributed by atoms with E-state index in [1.807, 2.05) is 0 Å². The van der Waals surface area contributed by atoms with Gasteiger partial charge in [-0.15, -0.1) is 0 Å². The number of Topliss-reactive ketones (excluding diaryl/α,β-unsaturated/α-hetero) is 1. The van der Waals surface area contributed by atoms with E-state index in [0.717, 1.165) is 31.0 Å². The number of nitro groups is 1. The Morgan fingerprint density at radius 3 is 2.39 bits per heavy atom. The molecule has 0 spiro atoms. The van der Waals surface area contributed by atoms with Crippen molar-refractivity contribution < 1.29 is 32.4 Å². The molecule has 2 rings (SSSR count). The van der Waals surface area contributed by atoms with E-state index < -0.39 is 58.5 Å². The predicted octanol–water partition coefficient (Wildman–Crippen LogP) is 4.29. The number of halogens is 3. The first-order valence-corrected chi connectivity index (χ1v) is 9.17. The molecule has 0 saturated heterocycles. The zero-order chi connectivity index (χ0) is 20.9. The van der Waals surface area contributed by atoms with Crippen LogP contribution < -0.4 is 0 Å². The highest BCUT2D eigenvalue weighted by molar-refractivity contribution is 5.82. The number of alkyl halides is 3. The highest BCUT2D eigenvalue weighted by atomic mass is 19.4. The molecule has 1 aliphatic rings. The van der Waals surface area contributed by atoms with Gasteiger partial charge in [-0.2, -0.15) is 13.2 Å². The zero-order valence-corrected chi connectivity index (χ0v) is 15.4. The summed E-state index contributed by atoms with van der Waals surface area (Å²) >= 11 is 0. The second-order valence-corrected chi connectivity index (χ2v) is 6.86. The summed E-state index contributed by atoms with van der Waals surface area (Å²) in [5.74, 6) is -3.22. The SMILES string of the molecule is CCC(=O)CC(c1ccccc1C(F)(F)F)C(C(=O)OC1CCCC1)[N+](=O)[O-]. The van der Waals surface area contributed by atoms with Crippen LogP contribution in [0.1, 0.15) is 62.5 Å². The number of carbonyl (C=O) groups excluding carboxylic acids is 2. The van der Waals surface area contributed by atoms with Crippen LogP contribution >= 0.6 is 0 Å². The van der Waals surface area contributed by atoms with Crippen molar-refractivity contribution in [1.29, 1.82) is 0 Å². The summed E-state index contributed by atoms with van der Waals surface area (Å²) in [5, 5.41) is 11.7. The van der Waals surface area contributed by atoms with Gasteiger partial charge in [0.15, 0.2) is 0 Å². The summed E-state index contributed by atoms with van der Waals surface area (Å²) in [6, 6.07) is 2.24. The second-order valence-electron chi connectivity index (χ2n) is 6.86. The molecule has 0 radical (unpaired) electrons. The number of esters is 1. The van der Waals surface area contributed by atoms with Crippen molar-refractivity contribution in [1.82, 2.24) is 0 Å². The van der Waals surface area contributed by atoms with Crippen molar-refractivity contribution in [2.24, 2.45) is 0 Å². The number of benzene rings is 1. The Bertz CT molecular complexity index is 729. The van der Waals surface area contributed by atoms with E-state index in [4.69, 9.17) is 4.74 Å². The van der Waals surface area contributed by atoms with Crippen LogP contribution in [0.25, 0.3) is 0 Å². The molecule has 1 aromatic rings. The Hall–Kier alpha value is -2.45. The van der Waals surface area contributed by atoms with Gasteiger partial charge in [0.05, 0.1) is 11.5 Å². The van der Waals surface area contributed by atoms with Crippen LogP contribution in [0.15, 0.2) is 24.3 Å². The fourth-order valence-electron chi connectivity index (χ4n) is 3.50. The summed E-state index contributed by atoms with van der Waals surface area (Å²) in [5.41, 5.74) is -1.54. The van der Waals surface area contributed by atoms with Crippen LogP contribution in [0, 0.1) is 10.1 Å². The third-order valence-corrected chi connectivity index (χ3v) is 4.94. The average Bonchev–Trinajstić information content (AvgIpc) is 3.12. The number of nitrogens with zero attached hydrogens (tertiary/aromatic N) is 1. The highest BCUT2D eigenvalue weighted by Crippen LogP contribution is 2.38. The molecule has 1 aliphatic carbocycles. The van der Waals surface area contributed by atoms with Crippen LogP contribution in [0.2, 0.25) is 0 Å². The molecule has 0 aliphatic heterocycles. The van der Waals surface area contributed by atoms with Crippen molar-refractivity contribution in [3.05, 3.63) is 45.5 Å². The monoisotopic (exact) mass is 401 g/mol. The van der Waals surface area contributed by atoms with Crippen LogP contribution in [0.3, 0.4) is 0 Å². The van der Waals surface area contributed by atoms with Gasteiger partial charge in [-0.05, 0) is 37.3 Å². The molecule has 0 amide bonds. The lowest BCUT2D eigenvalue weighted by Gasteiger charge is -2.24.